The van der Waals surface area contributed by atoms with Crippen LogP contribution in [0.15, 0.2) is 30.3 Å². The van der Waals surface area contributed by atoms with Gasteiger partial charge in [-0.2, -0.15) is 0 Å². The van der Waals surface area contributed by atoms with Gasteiger partial charge in [0.15, 0.2) is 0 Å². The van der Waals surface area contributed by atoms with Crippen molar-refractivity contribution in [2.75, 3.05) is 24.7 Å². The Kier molecular flexibility index (Phi) is 3.66. The van der Waals surface area contributed by atoms with Gasteiger partial charge >= 0.3 is 0 Å². The molecule has 1 heterocycles. The summed E-state index contributed by atoms with van der Waals surface area (Å²) in [4.78, 5) is 11.0. The van der Waals surface area contributed by atoms with E-state index < -0.39 is 0 Å². The fourth-order valence-corrected chi connectivity index (χ4v) is 1.88. The van der Waals surface area contributed by atoms with Crippen LogP contribution >= 0.6 is 0 Å². The van der Waals surface area contributed by atoms with Crippen LogP contribution in [0.1, 0.15) is 26.6 Å². The highest BCUT2D eigenvalue weighted by atomic mass is 15.1. The molecule has 1 aromatic carbocycles. The first-order valence-electron chi connectivity index (χ1n) is 6.70. The van der Waals surface area contributed by atoms with Crippen LogP contribution in [0.25, 0.3) is 11.3 Å². The largest absolute Gasteiger partial charge is 0.384 e. The molecule has 0 spiro atoms. The number of nitrogens with two attached hydrogens (primary N) is 1. The first kappa shape index (κ1) is 14.3. The van der Waals surface area contributed by atoms with E-state index in [0.717, 1.165) is 22.8 Å². The van der Waals surface area contributed by atoms with Crippen molar-refractivity contribution in [1.29, 1.82) is 0 Å². The highest BCUT2D eigenvalue weighted by Crippen LogP contribution is 2.25. The lowest BCUT2D eigenvalue weighted by Gasteiger charge is -2.18. The Hall–Kier alpha value is -2.10. The number of benzene rings is 1. The summed E-state index contributed by atoms with van der Waals surface area (Å²) in [5.74, 6) is 1.28. The number of hydrogen-bond acceptors (Lipinski definition) is 4. The normalized spacial score (nSPS) is 11.4. The van der Waals surface area contributed by atoms with Crippen LogP contribution in [-0.2, 0) is 5.41 Å². The van der Waals surface area contributed by atoms with Crippen molar-refractivity contribution < 1.29 is 0 Å². The summed E-state index contributed by atoms with van der Waals surface area (Å²) in [5.41, 5.74) is 8.87. The van der Waals surface area contributed by atoms with Crippen LogP contribution in [-0.4, -0.2) is 24.1 Å². The number of anilines is 2. The molecule has 0 bridgehead atoms. The van der Waals surface area contributed by atoms with Gasteiger partial charge in [-0.3, -0.25) is 0 Å². The summed E-state index contributed by atoms with van der Waals surface area (Å²) in [7, 11) is 4.05. The standard InChI is InChI=1S/C16H22N4/c1-16(2,3)15-18-13(10-14(17)19-15)11-6-8-12(9-7-11)20(4)5/h6-10H,1-5H3,(H2,17,18,19). The summed E-state index contributed by atoms with van der Waals surface area (Å²) in [6.07, 6.45) is 0. The molecule has 2 N–H and O–H groups in total. The Morgan fingerprint density at radius 2 is 1.60 bits per heavy atom. The molecular weight excluding hydrogens is 248 g/mol. The molecule has 0 saturated carbocycles. The molecule has 20 heavy (non-hydrogen) atoms. The van der Waals surface area contributed by atoms with Crippen molar-refractivity contribution in [2.24, 2.45) is 0 Å². The van der Waals surface area contributed by atoms with Crippen LogP contribution in [0.4, 0.5) is 11.5 Å². The van der Waals surface area contributed by atoms with E-state index in [2.05, 4.69) is 59.9 Å². The average Bonchev–Trinajstić information content (AvgIpc) is 2.37. The fraction of sp³-hybridized carbons (Fsp3) is 0.375. The van der Waals surface area contributed by atoms with E-state index in [9.17, 15) is 0 Å². The fourth-order valence-electron chi connectivity index (χ4n) is 1.88. The molecule has 2 rings (SSSR count). The minimum absolute atomic E-state index is 0.117. The van der Waals surface area contributed by atoms with Gasteiger partial charge in [-0.15, -0.1) is 0 Å². The summed E-state index contributed by atoms with van der Waals surface area (Å²) in [6, 6.07) is 10.1. The Labute approximate surface area is 120 Å². The van der Waals surface area contributed by atoms with Crippen molar-refractivity contribution in [3.63, 3.8) is 0 Å². The van der Waals surface area contributed by atoms with Crippen LogP contribution in [0.3, 0.4) is 0 Å². The van der Waals surface area contributed by atoms with Gasteiger partial charge < -0.3 is 10.6 Å². The molecule has 106 valence electrons. The van der Waals surface area contributed by atoms with Crippen molar-refractivity contribution in [3.8, 4) is 11.3 Å². The highest BCUT2D eigenvalue weighted by Gasteiger charge is 2.19. The molecule has 0 unspecified atom stereocenters. The summed E-state index contributed by atoms with van der Waals surface area (Å²) < 4.78 is 0. The lowest BCUT2D eigenvalue weighted by Crippen LogP contribution is -2.17. The third-order valence-corrected chi connectivity index (χ3v) is 3.10. The lowest BCUT2D eigenvalue weighted by molar-refractivity contribution is 0.547. The van der Waals surface area contributed by atoms with E-state index in [-0.39, 0.29) is 5.41 Å². The van der Waals surface area contributed by atoms with Gasteiger partial charge in [0.05, 0.1) is 5.69 Å². The Balaban J connectivity index is 2.44. The average molecular weight is 270 g/mol. The van der Waals surface area contributed by atoms with E-state index in [0.29, 0.717) is 5.82 Å². The molecular formula is C16H22N4. The molecule has 0 fully saturated rings. The molecule has 0 aliphatic carbocycles. The van der Waals surface area contributed by atoms with Gasteiger partial charge in [0.1, 0.15) is 11.6 Å². The Morgan fingerprint density at radius 3 is 2.10 bits per heavy atom. The first-order valence-corrected chi connectivity index (χ1v) is 6.70. The van der Waals surface area contributed by atoms with Gasteiger partial charge in [0.25, 0.3) is 0 Å². The van der Waals surface area contributed by atoms with E-state index in [1.165, 1.54) is 0 Å². The zero-order valence-corrected chi connectivity index (χ0v) is 12.8. The van der Waals surface area contributed by atoms with Crippen LogP contribution in [0.2, 0.25) is 0 Å². The molecule has 0 radical (unpaired) electrons. The van der Waals surface area contributed by atoms with E-state index >= 15 is 0 Å². The zero-order chi connectivity index (χ0) is 14.9. The Bertz CT molecular complexity index is 595. The predicted molar refractivity (Wildman–Crippen MR) is 84.9 cm³/mol. The predicted octanol–water partition coefficient (Wildman–Crippen LogP) is 3.09. The van der Waals surface area contributed by atoms with Crippen LogP contribution < -0.4 is 10.6 Å². The minimum Gasteiger partial charge on any atom is -0.384 e. The number of aromatic nitrogens is 2. The van der Waals surface area contributed by atoms with Gasteiger partial charge in [0.2, 0.25) is 0 Å². The summed E-state index contributed by atoms with van der Waals surface area (Å²) >= 11 is 0. The van der Waals surface area contributed by atoms with Crippen LogP contribution in [0.5, 0.6) is 0 Å². The number of hydrogen-bond donors (Lipinski definition) is 1. The van der Waals surface area contributed by atoms with Crippen molar-refractivity contribution in [1.82, 2.24) is 9.97 Å². The molecule has 0 atom stereocenters. The first-order chi connectivity index (χ1) is 9.27. The van der Waals surface area contributed by atoms with Gasteiger partial charge in [-0.1, -0.05) is 32.9 Å². The van der Waals surface area contributed by atoms with Crippen LogP contribution in [0, 0.1) is 0 Å². The third-order valence-electron chi connectivity index (χ3n) is 3.10. The molecule has 0 amide bonds. The summed E-state index contributed by atoms with van der Waals surface area (Å²) in [5, 5.41) is 0. The summed E-state index contributed by atoms with van der Waals surface area (Å²) in [6.45, 7) is 6.25. The van der Waals surface area contributed by atoms with Crippen molar-refractivity contribution >= 4 is 11.5 Å². The maximum atomic E-state index is 5.91. The molecule has 0 aliphatic heterocycles. The second kappa shape index (κ2) is 5.12. The smallest absolute Gasteiger partial charge is 0.136 e. The number of nitrogens with zero attached hydrogens (tertiary/aromatic N) is 3. The third kappa shape index (κ3) is 3.07. The monoisotopic (exact) mass is 270 g/mol. The molecule has 4 heteroatoms. The van der Waals surface area contributed by atoms with Crippen molar-refractivity contribution in [2.45, 2.75) is 26.2 Å². The maximum absolute atomic E-state index is 5.91. The van der Waals surface area contributed by atoms with Crippen molar-refractivity contribution in [3.05, 3.63) is 36.2 Å². The molecule has 0 aliphatic rings. The maximum Gasteiger partial charge on any atom is 0.136 e. The molecule has 0 saturated heterocycles. The lowest BCUT2D eigenvalue weighted by atomic mass is 9.95. The SMILES string of the molecule is CN(C)c1ccc(-c2cc(N)nc(C(C)(C)C)n2)cc1. The number of rotatable bonds is 2. The van der Waals surface area contributed by atoms with E-state index in [1.807, 2.05) is 20.2 Å². The highest BCUT2D eigenvalue weighted by molar-refractivity contribution is 5.65. The minimum atomic E-state index is -0.117. The number of nitrogen functional groups attached to an aromatic ring is 1. The van der Waals surface area contributed by atoms with Gasteiger partial charge in [0, 0.05) is 36.8 Å². The molecule has 2 aromatic rings. The topological polar surface area (TPSA) is 55.0 Å². The molecule has 1 aromatic heterocycles. The molecule has 4 nitrogen and oxygen atoms in total. The van der Waals surface area contributed by atoms with Gasteiger partial charge in [-0.05, 0) is 12.1 Å². The van der Waals surface area contributed by atoms with E-state index in [4.69, 9.17) is 5.73 Å². The second-order valence-corrected chi connectivity index (χ2v) is 6.19. The quantitative estimate of drug-likeness (QED) is 0.911. The second-order valence-electron chi connectivity index (χ2n) is 6.19. The van der Waals surface area contributed by atoms with Gasteiger partial charge in [-0.25, -0.2) is 9.97 Å². The van der Waals surface area contributed by atoms with E-state index in [1.54, 1.807) is 0 Å². The Morgan fingerprint density at radius 1 is 1.00 bits per heavy atom. The zero-order valence-electron chi connectivity index (χ0n) is 12.8.